The zero-order chi connectivity index (χ0) is 27.3. The molecule has 0 aromatic rings. The Morgan fingerprint density at radius 2 is 1.64 bits per heavy atom. The Balaban J connectivity index is 1.06. The maximum atomic E-state index is 13.4. The molecule has 0 spiro atoms. The lowest BCUT2D eigenvalue weighted by atomic mass is 9.75. The number of likely N-dealkylation sites (N-methyl/N-ethyl adjacent to an activating group) is 2. The van der Waals surface area contributed by atoms with Crippen molar-refractivity contribution in [3.63, 3.8) is 0 Å². The molecule has 6 aliphatic rings. The minimum absolute atomic E-state index is 0.0371. The fourth-order valence-electron chi connectivity index (χ4n) is 8.85. The Morgan fingerprint density at radius 1 is 0.897 bits per heavy atom. The first-order valence-corrected chi connectivity index (χ1v) is 15.5. The van der Waals surface area contributed by atoms with Crippen molar-refractivity contribution in [3.8, 4) is 0 Å². The average molecular weight is 558 g/mol. The number of rotatable bonds is 7. The van der Waals surface area contributed by atoms with Gasteiger partial charge < -0.3 is 15.0 Å². The summed E-state index contributed by atoms with van der Waals surface area (Å²) in [5, 5.41) is 18.1. The van der Waals surface area contributed by atoms with Crippen molar-refractivity contribution in [2.45, 2.75) is 101 Å². The van der Waals surface area contributed by atoms with Crippen molar-refractivity contribution in [1.29, 1.82) is 0 Å². The third-order valence-corrected chi connectivity index (χ3v) is 11.1. The highest BCUT2D eigenvalue weighted by atomic mass is 19.4. The number of nitrogens with zero attached hydrogens (tertiary/aromatic N) is 2. The first kappa shape index (κ1) is 28.6. The minimum Gasteiger partial charge on any atom is -0.366 e. The molecule has 2 aliphatic carbocycles. The number of fused-ring (bicyclic) bond motifs is 1. The van der Waals surface area contributed by atoms with E-state index in [0.29, 0.717) is 48.3 Å². The first-order valence-electron chi connectivity index (χ1n) is 15.5. The van der Waals surface area contributed by atoms with Gasteiger partial charge in [-0.3, -0.25) is 26.2 Å². The summed E-state index contributed by atoms with van der Waals surface area (Å²) in [5.74, 6) is 2.65. The van der Waals surface area contributed by atoms with Crippen molar-refractivity contribution in [1.82, 2.24) is 36.4 Å². The SMILES string of the molecule is CCN1CC(C(F)(F)F)NC1C1CCC(CC2CN(C)C3CNC(C4C(OC)NCNC4C4CC4)NC23)CC1. The van der Waals surface area contributed by atoms with Crippen LogP contribution in [0.5, 0.6) is 0 Å². The molecule has 11 heteroatoms. The lowest BCUT2D eigenvalue weighted by molar-refractivity contribution is -0.150. The van der Waals surface area contributed by atoms with Crippen LogP contribution in [0.4, 0.5) is 13.2 Å². The van der Waals surface area contributed by atoms with Crippen LogP contribution in [0.15, 0.2) is 0 Å². The second-order valence-electron chi connectivity index (χ2n) is 13.3. The maximum absolute atomic E-state index is 13.4. The molecule has 5 N–H and O–H groups in total. The van der Waals surface area contributed by atoms with Crippen LogP contribution in [-0.4, -0.2) is 106 Å². The molecular formula is C28H50F3N7O. The van der Waals surface area contributed by atoms with Crippen LogP contribution in [0.2, 0.25) is 0 Å². The van der Waals surface area contributed by atoms with Crippen LogP contribution in [-0.2, 0) is 4.74 Å². The molecule has 4 saturated heterocycles. The van der Waals surface area contributed by atoms with Gasteiger partial charge in [0, 0.05) is 57.5 Å². The molecule has 6 fully saturated rings. The summed E-state index contributed by atoms with van der Waals surface area (Å²) in [4.78, 5) is 4.54. The number of methoxy groups -OCH3 is 1. The van der Waals surface area contributed by atoms with Gasteiger partial charge in [-0.05, 0) is 69.4 Å². The molecular weight excluding hydrogens is 507 g/mol. The van der Waals surface area contributed by atoms with Gasteiger partial charge in [0.2, 0.25) is 0 Å². The number of nitrogens with one attached hydrogen (secondary N) is 5. The van der Waals surface area contributed by atoms with Crippen LogP contribution in [0.1, 0.15) is 51.9 Å². The molecule has 9 atom stereocenters. The van der Waals surface area contributed by atoms with Gasteiger partial charge in [-0.15, -0.1) is 0 Å². The number of likely N-dealkylation sites (tertiary alicyclic amines) is 1. The van der Waals surface area contributed by atoms with Gasteiger partial charge in [-0.25, -0.2) is 0 Å². The Hall–Kier alpha value is -0.530. The Kier molecular flexibility index (Phi) is 8.52. The molecule has 0 aromatic heterocycles. The molecule has 0 bridgehead atoms. The summed E-state index contributed by atoms with van der Waals surface area (Å²) in [6.45, 7) is 5.63. The normalized spacial score (nSPS) is 46.5. The van der Waals surface area contributed by atoms with Gasteiger partial charge in [-0.1, -0.05) is 19.8 Å². The monoisotopic (exact) mass is 557 g/mol. The van der Waals surface area contributed by atoms with E-state index in [2.05, 4.69) is 38.5 Å². The molecule has 9 unspecified atom stereocenters. The summed E-state index contributed by atoms with van der Waals surface area (Å²) in [5.41, 5.74) is 0. The van der Waals surface area contributed by atoms with E-state index < -0.39 is 12.2 Å². The molecule has 39 heavy (non-hydrogen) atoms. The second-order valence-corrected chi connectivity index (χ2v) is 13.3. The smallest absolute Gasteiger partial charge is 0.366 e. The molecule has 224 valence electrons. The van der Waals surface area contributed by atoms with E-state index in [4.69, 9.17) is 4.74 Å². The molecule has 0 amide bonds. The van der Waals surface area contributed by atoms with E-state index in [1.165, 1.54) is 19.3 Å². The Labute approximate surface area is 231 Å². The Morgan fingerprint density at radius 3 is 2.31 bits per heavy atom. The summed E-state index contributed by atoms with van der Waals surface area (Å²) >= 11 is 0. The molecule has 0 radical (unpaired) electrons. The highest BCUT2D eigenvalue weighted by Crippen LogP contribution is 2.42. The van der Waals surface area contributed by atoms with Crippen molar-refractivity contribution < 1.29 is 17.9 Å². The molecule has 6 rings (SSSR count). The zero-order valence-corrected chi connectivity index (χ0v) is 23.9. The van der Waals surface area contributed by atoms with E-state index >= 15 is 0 Å². The highest BCUT2D eigenvalue weighted by Gasteiger charge is 2.52. The predicted octanol–water partition coefficient (Wildman–Crippen LogP) is 1.70. The summed E-state index contributed by atoms with van der Waals surface area (Å²) in [6.07, 6.45) is 4.06. The third kappa shape index (κ3) is 5.89. The predicted molar refractivity (Wildman–Crippen MR) is 145 cm³/mol. The van der Waals surface area contributed by atoms with Crippen molar-refractivity contribution in [2.24, 2.45) is 29.6 Å². The van der Waals surface area contributed by atoms with Crippen molar-refractivity contribution >= 4 is 0 Å². The van der Waals surface area contributed by atoms with Crippen molar-refractivity contribution in [3.05, 3.63) is 0 Å². The van der Waals surface area contributed by atoms with Gasteiger partial charge >= 0.3 is 6.18 Å². The fraction of sp³-hybridized carbons (Fsp3) is 1.00. The van der Waals surface area contributed by atoms with Crippen molar-refractivity contribution in [2.75, 3.05) is 47.0 Å². The van der Waals surface area contributed by atoms with Gasteiger partial charge in [0.05, 0.1) is 12.3 Å². The van der Waals surface area contributed by atoms with Crippen LogP contribution >= 0.6 is 0 Å². The van der Waals surface area contributed by atoms with E-state index in [1.54, 1.807) is 0 Å². The third-order valence-electron chi connectivity index (χ3n) is 11.1. The summed E-state index contributed by atoms with van der Waals surface area (Å²) < 4.78 is 46.1. The standard InChI is InChI=1S/C28H50F3N7O/c1-4-38-14-21(28(29,30)31)35-26(38)18-7-5-16(6-8-18)11-19-13-37(2)20-12-32-25(36-23(19)20)22-24(17-9-10-17)33-15-34-27(22)39-3/h16-27,32-36H,4-15H2,1-3H3. The second kappa shape index (κ2) is 11.6. The van der Waals surface area contributed by atoms with Gasteiger partial charge in [0.1, 0.15) is 12.3 Å². The lowest BCUT2D eigenvalue weighted by Crippen LogP contribution is -2.72. The van der Waals surface area contributed by atoms with Crippen LogP contribution < -0.4 is 26.6 Å². The number of hydrogen-bond acceptors (Lipinski definition) is 8. The number of ether oxygens (including phenoxy) is 1. The summed E-state index contributed by atoms with van der Waals surface area (Å²) in [7, 11) is 4.08. The highest BCUT2D eigenvalue weighted by molar-refractivity contribution is 5.07. The quantitative estimate of drug-likeness (QED) is 0.324. The summed E-state index contributed by atoms with van der Waals surface area (Å²) in [6, 6.07) is 0.0248. The average Bonchev–Trinajstić information content (AvgIpc) is 3.61. The first-order chi connectivity index (χ1) is 18.8. The topological polar surface area (TPSA) is 75.9 Å². The Bertz CT molecular complexity index is 823. The van der Waals surface area contributed by atoms with Crippen LogP contribution in [0, 0.1) is 29.6 Å². The molecule has 4 heterocycles. The maximum Gasteiger partial charge on any atom is 0.405 e. The van der Waals surface area contributed by atoms with Gasteiger partial charge in [0.15, 0.2) is 0 Å². The fourth-order valence-corrected chi connectivity index (χ4v) is 8.85. The number of alkyl halides is 3. The zero-order valence-electron chi connectivity index (χ0n) is 23.9. The molecule has 0 aromatic carbocycles. The van der Waals surface area contributed by atoms with Gasteiger partial charge in [-0.2, -0.15) is 13.2 Å². The van der Waals surface area contributed by atoms with E-state index in [9.17, 15) is 13.2 Å². The van der Waals surface area contributed by atoms with Crippen LogP contribution in [0.3, 0.4) is 0 Å². The molecule has 4 aliphatic heterocycles. The van der Waals surface area contributed by atoms with E-state index in [-0.39, 0.29) is 25.1 Å². The number of halogens is 3. The van der Waals surface area contributed by atoms with Crippen LogP contribution in [0.25, 0.3) is 0 Å². The van der Waals surface area contributed by atoms with E-state index in [1.807, 2.05) is 18.9 Å². The molecule has 8 nitrogen and oxygen atoms in total. The van der Waals surface area contributed by atoms with Gasteiger partial charge in [0.25, 0.3) is 0 Å². The largest absolute Gasteiger partial charge is 0.405 e. The number of hydrogen-bond donors (Lipinski definition) is 5. The lowest BCUT2D eigenvalue weighted by Gasteiger charge is -2.48. The minimum atomic E-state index is -4.17. The van der Waals surface area contributed by atoms with E-state index in [0.717, 1.165) is 51.4 Å². The molecule has 2 saturated carbocycles.